The van der Waals surface area contributed by atoms with Crippen molar-refractivity contribution in [2.24, 2.45) is 4.99 Å². The van der Waals surface area contributed by atoms with Crippen LogP contribution in [0.25, 0.3) is 54.9 Å². The lowest BCUT2D eigenvalue weighted by Crippen LogP contribution is -1.91. The van der Waals surface area contributed by atoms with Gasteiger partial charge in [0.15, 0.2) is 0 Å². The second-order valence-corrected chi connectivity index (χ2v) is 9.84. The number of rotatable bonds is 4. The van der Waals surface area contributed by atoms with Crippen LogP contribution < -0.4 is 0 Å². The van der Waals surface area contributed by atoms with Crippen molar-refractivity contribution in [1.82, 2.24) is 0 Å². The summed E-state index contributed by atoms with van der Waals surface area (Å²) in [5.41, 5.74) is 10.7. The van der Waals surface area contributed by atoms with E-state index in [1.807, 2.05) is 0 Å². The topological polar surface area (TPSA) is 12.4 Å². The van der Waals surface area contributed by atoms with Gasteiger partial charge < -0.3 is 0 Å². The first-order chi connectivity index (χ1) is 18.1. The van der Waals surface area contributed by atoms with E-state index in [0.29, 0.717) is 0 Å². The highest BCUT2D eigenvalue weighted by atomic mass is 14.7. The molecule has 178 valence electrons. The third-order valence-electron chi connectivity index (χ3n) is 7.05. The minimum absolute atomic E-state index is 1.03. The van der Waals surface area contributed by atoms with Gasteiger partial charge in [0.05, 0.1) is 5.69 Å². The van der Waals surface area contributed by atoms with Crippen molar-refractivity contribution >= 4 is 32.9 Å². The van der Waals surface area contributed by atoms with Gasteiger partial charge in [-0.15, -0.1) is 0 Å². The average Bonchev–Trinajstić information content (AvgIpc) is 2.93. The number of benzene rings is 6. The van der Waals surface area contributed by atoms with Gasteiger partial charge in [-0.25, -0.2) is 0 Å². The maximum Gasteiger partial charge on any atom is 0.0664 e. The molecule has 0 saturated heterocycles. The maximum absolute atomic E-state index is 4.82. The molecule has 1 heteroatoms. The third kappa shape index (κ3) is 4.23. The van der Waals surface area contributed by atoms with Crippen LogP contribution in [0.4, 0.5) is 5.69 Å². The Bertz CT molecular complexity index is 1710. The van der Waals surface area contributed by atoms with Crippen LogP contribution in [0.1, 0.15) is 19.4 Å². The van der Waals surface area contributed by atoms with E-state index in [-0.39, 0.29) is 0 Å². The summed E-state index contributed by atoms with van der Waals surface area (Å²) in [7, 11) is 0. The molecular formula is C36H29N. The first-order valence-electron chi connectivity index (χ1n) is 12.8. The van der Waals surface area contributed by atoms with Crippen LogP contribution in [0, 0.1) is 6.92 Å². The van der Waals surface area contributed by atoms with Gasteiger partial charge in [0.2, 0.25) is 0 Å². The Labute approximate surface area is 218 Å². The minimum atomic E-state index is 1.03. The molecule has 6 aromatic carbocycles. The minimum Gasteiger partial charge on any atom is -0.258 e. The van der Waals surface area contributed by atoms with Crippen LogP contribution in [-0.2, 0) is 0 Å². The monoisotopic (exact) mass is 475 g/mol. The van der Waals surface area contributed by atoms with E-state index in [4.69, 9.17) is 4.99 Å². The number of aliphatic imine (C=N–C) groups is 1. The Kier molecular flexibility index (Phi) is 5.90. The zero-order chi connectivity index (χ0) is 25.4. The molecule has 0 aliphatic heterocycles. The van der Waals surface area contributed by atoms with Crippen molar-refractivity contribution in [2.75, 3.05) is 0 Å². The predicted octanol–water partition coefficient (Wildman–Crippen LogP) is 10.4. The number of aryl methyl sites for hydroxylation is 1. The molecule has 0 bridgehead atoms. The highest BCUT2D eigenvalue weighted by Gasteiger charge is 2.17. The van der Waals surface area contributed by atoms with Gasteiger partial charge in [-0.2, -0.15) is 0 Å². The molecule has 1 nitrogen and oxygen atoms in total. The van der Waals surface area contributed by atoms with Crippen molar-refractivity contribution in [3.63, 3.8) is 0 Å². The third-order valence-corrected chi connectivity index (χ3v) is 7.05. The van der Waals surface area contributed by atoms with Crippen molar-refractivity contribution in [3.8, 4) is 33.4 Å². The Hall–Kier alpha value is -4.49. The number of hydrogen-bond acceptors (Lipinski definition) is 1. The Morgan fingerprint density at radius 2 is 0.892 bits per heavy atom. The summed E-state index contributed by atoms with van der Waals surface area (Å²) in [6, 6.07) is 43.8. The Morgan fingerprint density at radius 1 is 0.459 bits per heavy atom. The van der Waals surface area contributed by atoms with Gasteiger partial charge in [-0.1, -0.05) is 115 Å². The molecule has 0 aliphatic carbocycles. The fourth-order valence-corrected chi connectivity index (χ4v) is 5.34. The second kappa shape index (κ2) is 9.52. The molecule has 0 aliphatic rings. The Morgan fingerprint density at radius 3 is 1.43 bits per heavy atom. The first-order valence-corrected chi connectivity index (χ1v) is 12.8. The highest BCUT2D eigenvalue weighted by Crippen LogP contribution is 2.44. The molecule has 0 spiro atoms. The van der Waals surface area contributed by atoms with Gasteiger partial charge >= 0.3 is 0 Å². The van der Waals surface area contributed by atoms with E-state index in [0.717, 1.165) is 11.4 Å². The van der Waals surface area contributed by atoms with Crippen molar-refractivity contribution < 1.29 is 0 Å². The van der Waals surface area contributed by atoms with Crippen LogP contribution in [0.15, 0.2) is 126 Å². The molecular weight excluding hydrogens is 446 g/mol. The van der Waals surface area contributed by atoms with Crippen LogP contribution in [0.5, 0.6) is 0 Å². The molecule has 0 radical (unpaired) electrons. The number of nitrogens with zero attached hydrogens (tertiary/aromatic N) is 1. The highest BCUT2D eigenvalue weighted by molar-refractivity contribution is 6.21. The van der Waals surface area contributed by atoms with Crippen molar-refractivity contribution in [3.05, 3.63) is 127 Å². The van der Waals surface area contributed by atoms with E-state index < -0.39 is 0 Å². The van der Waals surface area contributed by atoms with Crippen molar-refractivity contribution in [1.29, 1.82) is 0 Å². The summed E-state index contributed by atoms with van der Waals surface area (Å²) >= 11 is 0. The molecule has 0 fully saturated rings. The first kappa shape index (κ1) is 22.9. The van der Waals surface area contributed by atoms with Crippen LogP contribution in [0.2, 0.25) is 0 Å². The summed E-state index contributed by atoms with van der Waals surface area (Å²) in [6.07, 6.45) is 0. The fourth-order valence-electron chi connectivity index (χ4n) is 5.34. The number of fused-ring (bicyclic) bond motifs is 2. The summed E-state index contributed by atoms with van der Waals surface area (Å²) in [6.45, 7) is 6.23. The normalized spacial score (nSPS) is 11.1. The lowest BCUT2D eigenvalue weighted by molar-refractivity contribution is 1.38. The molecule has 0 unspecified atom stereocenters. The average molecular weight is 476 g/mol. The molecule has 0 heterocycles. The smallest absolute Gasteiger partial charge is 0.0664 e. The molecule has 6 aromatic rings. The molecule has 0 saturated carbocycles. The zero-order valence-corrected chi connectivity index (χ0v) is 21.5. The van der Waals surface area contributed by atoms with Crippen LogP contribution in [-0.4, -0.2) is 5.71 Å². The van der Waals surface area contributed by atoms with Gasteiger partial charge in [-0.3, -0.25) is 4.99 Å². The van der Waals surface area contributed by atoms with Crippen LogP contribution >= 0.6 is 0 Å². The van der Waals surface area contributed by atoms with Gasteiger partial charge in [0.25, 0.3) is 0 Å². The van der Waals surface area contributed by atoms with Crippen molar-refractivity contribution in [2.45, 2.75) is 20.8 Å². The van der Waals surface area contributed by atoms with Gasteiger partial charge in [0.1, 0.15) is 0 Å². The zero-order valence-electron chi connectivity index (χ0n) is 21.5. The summed E-state index contributed by atoms with van der Waals surface area (Å²) in [5.74, 6) is 0. The van der Waals surface area contributed by atoms with Crippen LogP contribution in [0.3, 0.4) is 0 Å². The fraction of sp³-hybridized carbons (Fsp3) is 0.0833. The van der Waals surface area contributed by atoms with E-state index in [2.05, 4.69) is 142 Å². The lowest BCUT2D eigenvalue weighted by atomic mass is 9.85. The SMILES string of the molecule is CC(C)=Nc1cc(-c2c3ccccc3c(-c3ccc(-c4ccccc4)cc3)c3ccccc23)ccc1C. The van der Waals surface area contributed by atoms with E-state index in [1.165, 1.54) is 60.5 Å². The summed E-state index contributed by atoms with van der Waals surface area (Å²) in [4.78, 5) is 4.82. The largest absolute Gasteiger partial charge is 0.258 e. The van der Waals surface area contributed by atoms with E-state index in [1.54, 1.807) is 0 Å². The predicted molar refractivity (Wildman–Crippen MR) is 161 cm³/mol. The second-order valence-electron chi connectivity index (χ2n) is 9.84. The van der Waals surface area contributed by atoms with E-state index >= 15 is 0 Å². The molecule has 0 N–H and O–H groups in total. The maximum atomic E-state index is 4.82. The molecule has 0 amide bonds. The molecule has 0 atom stereocenters. The molecule has 37 heavy (non-hydrogen) atoms. The van der Waals surface area contributed by atoms with Gasteiger partial charge in [-0.05, 0) is 87.3 Å². The Balaban J connectivity index is 1.62. The molecule has 6 rings (SSSR count). The number of hydrogen-bond donors (Lipinski definition) is 0. The van der Waals surface area contributed by atoms with E-state index in [9.17, 15) is 0 Å². The standard InChI is InChI=1S/C36H29N/c1-24(2)37-34-23-29(18-17-25(34)3)36-32-15-9-7-13-30(32)35(31-14-8-10-16-33(31)36)28-21-19-27(20-22-28)26-11-5-4-6-12-26/h4-23H,1-3H3. The molecule has 0 aromatic heterocycles. The quantitative estimate of drug-likeness (QED) is 0.178. The summed E-state index contributed by atoms with van der Waals surface area (Å²) in [5, 5.41) is 5.05. The van der Waals surface area contributed by atoms with Gasteiger partial charge in [0, 0.05) is 5.71 Å². The summed E-state index contributed by atoms with van der Waals surface area (Å²) < 4.78 is 0. The lowest BCUT2D eigenvalue weighted by Gasteiger charge is -2.18.